The highest BCUT2D eigenvalue weighted by Gasteiger charge is 2.14. The highest BCUT2D eigenvalue weighted by molar-refractivity contribution is 5.96. The molecule has 0 saturated heterocycles. The number of rotatable bonds is 6. The normalized spacial score (nSPS) is 12.3. The van der Waals surface area contributed by atoms with E-state index in [1.807, 2.05) is 32.0 Å². The number of carboxylic acids is 1. The van der Waals surface area contributed by atoms with E-state index in [0.29, 0.717) is 18.4 Å². The Balaban J connectivity index is 1.96. The molecule has 1 heterocycles. The lowest BCUT2D eigenvalue weighted by Crippen LogP contribution is -2.32. The largest absolute Gasteiger partial charge is 0.481 e. The SMILES string of the molecule is Cc1ccc2oc(C(=O)NC(C)CCCC(=O)O)cc2c1. The third kappa shape index (κ3) is 4.08. The lowest BCUT2D eigenvalue weighted by atomic mass is 10.1. The first-order valence-corrected chi connectivity index (χ1v) is 6.98. The van der Waals surface area contributed by atoms with Crippen molar-refractivity contribution in [2.75, 3.05) is 0 Å². The molecule has 0 aliphatic heterocycles. The molecule has 0 radical (unpaired) electrons. The molecule has 5 nitrogen and oxygen atoms in total. The summed E-state index contributed by atoms with van der Waals surface area (Å²) in [6, 6.07) is 7.37. The lowest BCUT2D eigenvalue weighted by Gasteiger charge is -2.11. The maximum absolute atomic E-state index is 12.1. The van der Waals surface area contributed by atoms with Gasteiger partial charge >= 0.3 is 5.97 Å². The Morgan fingerprint density at radius 2 is 2.10 bits per heavy atom. The molecule has 0 aliphatic carbocycles. The van der Waals surface area contributed by atoms with Crippen molar-refractivity contribution < 1.29 is 19.1 Å². The number of nitrogens with one attached hydrogen (secondary N) is 1. The molecule has 112 valence electrons. The van der Waals surface area contributed by atoms with E-state index in [9.17, 15) is 9.59 Å². The van der Waals surface area contributed by atoms with Gasteiger partial charge in [-0.15, -0.1) is 0 Å². The predicted molar refractivity (Wildman–Crippen MR) is 79.4 cm³/mol. The van der Waals surface area contributed by atoms with Crippen molar-refractivity contribution >= 4 is 22.8 Å². The minimum atomic E-state index is -0.818. The Bertz CT molecular complexity index is 659. The summed E-state index contributed by atoms with van der Waals surface area (Å²) in [4.78, 5) is 22.5. The van der Waals surface area contributed by atoms with Crippen LogP contribution < -0.4 is 5.32 Å². The highest BCUT2D eigenvalue weighted by atomic mass is 16.4. The number of aryl methyl sites for hydroxylation is 1. The van der Waals surface area contributed by atoms with Crippen LogP contribution in [0.25, 0.3) is 11.0 Å². The second kappa shape index (κ2) is 6.43. The van der Waals surface area contributed by atoms with Gasteiger partial charge in [0.2, 0.25) is 0 Å². The third-order valence-electron chi connectivity index (χ3n) is 3.30. The summed E-state index contributed by atoms with van der Waals surface area (Å²) < 4.78 is 5.52. The summed E-state index contributed by atoms with van der Waals surface area (Å²) >= 11 is 0. The Morgan fingerprint density at radius 3 is 2.81 bits per heavy atom. The van der Waals surface area contributed by atoms with E-state index in [-0.39, 0.29) is 24.1 Å². The van der Waals surface area contributed by atoms with Crippen LogP contribution in [0, 0.1) is 6.92 Å². The summed E-state index contributed by atoms with van der Waals surface area (Å²) in [6.45, 7) is 3.84. The Kier molecular flexibility index (Phi) is 4.62. The molecule has 0 bridgehead atoms. The molecule has 2 N–H and O–H groups in total. The van der Waals surface area contributed by atoms with Crippen LogP contribution in [0.2, 0.25) is 0 Å². The van der Waals surface area contributed by atoms with Gasteiger partial charge in [-0.2, -0.15) is 0 Å². The first kappa shape index (κ1) is 15.1. The second-order valence-electron chi connectivity index (χ2n) is 5.31. The minimum Gasteiger partial charge on any atom is -0.481 e. The first-order valence-electron chi connectivity index (χ1n) is 6.98. The van der Waals surface area contributed by atoms with Crippen LogP contribution in [0.4, 0.5) is 0 Å². The van der Waals surface area contributed by atoms with E-state index in [4.69, 9.17) is 9.52 Å². The number of hydrogen-bond acceptors (Lipinski definition) is 3. The molecule has 0 fully saturated rings. The molecular weight excluding hydrogens is 270 g/mol. The molecule has 5 heteroatoms. The summed E-state index contributed by atoms with van der Waals surface area (Å²) in [6.07, 6.45) is 1.28. The molecule has 1 amide bonds. The maximum Gasteiger partial charge on any atom is 0.303 e. The van der Waals surface area contributed by atoms with Gasteiger partial charge in [0.25, 0.3) is 5.91 Å². The average Bonchev–Trinajstić information content (AvgIpc) is 2.81. The van der Waals surface area contributed by atoms with Crippen LogP contribution in [-0.4, -0.2) is 23.0 Å². The first-order chi connectivity index (χ1) is 9.95. The minimum absolute atomic E-state index is 0.0909. The third-order valence-corrected chi connectivity index (χ3v) is 3.30. The number of amides is 1. The zero-order chi connectivity index (χ0) is 15.4. The van der Waals surface area contributed by atoms with Gasteiger partial charge in [-0.3, -0.25) is 9.59 Å². The number of benzene rings is 1. The van der Waals surface area contributed by atoms with Gasteiger partial charge in [-0.05, 0) is 44.9 Å². The number of carbonyl (C=O) groups is 2. The number of carboxylic acid groups (broad SMARTS) is 1. The van der Waals surface area contributed by atoms with Crippen LogP contribution in [0.3, 0.4) is 0 Å². The smallest absolute Gasteiger partial charge is 0.303 e. The van der Waals surface area contributed by atoms with E-state index < -0.39 is 5.97 Å². The molecule has 1 aromatic carbocycles. The topological polar surface area (TPSA) is 79.5 Å². The number of carbonyl (C=O) groups excluding carboxylic acids is 1. The van der Waals surface area contributed by atoms with Crippen molar-refractivity contribution in [1.82, 2.24) is 5.32 Å². The van der Waals surface area contributed by atoms with Crippen LogP contribution in [0.5, 0.6) is 0 Å². The van der Waals surface area contributed by atoms with E-state index in [0.717, 1.165) is 10.9 Å². The molecule has 2 aromatic rings. The summed E-state index contributed by atoms with van der Waals surface area (Å²) in [7, 11) is 0. The van der Waals surface area contributed by atoms with Crippen LogP contribution in [0.1, 0.15) is 42.3 Å². The number of hydrogen-bond donors (Lipinski definition) is 2. The number of furan rings is 1. The second-order valence-corrected chi connectivity index (χ2v) is 5.31. The fourth-order valence-corrected chi connectivity index (χ4v) is 2.20. The Labute approximate surface area is 122 Å². The van der Waals surface area contributed by atoms with Crippen molar-refractivity contribution in [3.8, 4) is 0 Å². The quantitative estimate of drug-likeness (QED) is 0.856. The number of aliphatic carboxylic acids is 1. The van der Waals surface area contributed by atoms with E-state index >= 15 is 0 Å². The van der Waals surface area contributed by atoms with Crippen LogP contribution in [0.15, 0.2) is 28.7 Å². The summed E-state index contributed by atoms with van der Waals surface area (Å²) in [5.74, 6) is -0.812. The van der Waals surface area contributed by atoms with E-state index in [1.165, 1.54) is 0 Å². The highest BCUT2D eigenvalue weighted by Crippen LogP contribution is 2.20. The molecule has 1 aromatic heterocycles. The van der Waals surface area contributed by atoms with E-state index in [2.05, 4.69) is 5.32 Å². The molecule has 2 rings (SSSR count). The molecule has 0 spiro atoms. The molecular formula is C16H19NO4. The van der Waals surface area contributed by atoms with Gasteiger partial charge < -0.3 is 14.8 Å². The Morgan fingerprint density at radius 1 is 1.33 bits per heavy atom. The monoisotopic (exact) mass is 289 g/mol. The molecule has 1 unspecified atom stereocenters. The lowest BCUT2D eigenvalue weighted by molar-refractivity contribution is -0.137. The summed E-state index contributed by atoms with van der Waals surface area (Å²) in [5.41, 5.74) is 1.79. The van der Waals surface area contributed by atoms with Gasteiger partial charge in [0, 0.05) is 17.8 Å². The van der Waals surface area contributed by atoms with Crippen molar-refractivity contribution in [3.05, 3.63) is 35.6 Å². The molecule has 21 heavy (non-hydrogen) atoms. The van der Waals surface area contributed by atoms with Gasteiger partial charge in [-0.1, -0.05) is 11.6 Å². The standard InChI is InChI=1S/C16H19NO4/c1-10-6-7-13-12(8-10)9-14(21-13)16(20)17-11(2)4-3-5-15(18)19/h6-9,11H,3-5H2,1-2H3,(H,17,20)(H,18,19). The fourth-order valence-electron chi connectivity index (χ4n) is 2.20. The number of fused-ring (bicyclic) bond motifs is 1. The average molecular weight is 289 g/mol. The van der Waals surface area contributed by atoms with Crippen molar-refractivity contribution in [2.24, 2.45) is 0 Å². The van der Waals surface area contributed by atoms with Gasteiger partial charge in [0.1, 0.15) is 5.58 Å². The van der Waals surface area contributed by atoms with E-state index in [1.54, 1.807) is 6.07 Å². The van der Waals surface area contributed by atoms with Gasteiger partial charge in [0.05, 0.1) is 0 Å². The van der Waals surface area contributed by atoms with Crippen molar-refractivity contribution in [1.29, 1.82) is 0 Å². The molecule has 1 atom stereocenters. The van der Waals surface area contributed by atoms with Gasteiger partial charge in [-0.25, -0.2) is 0 Å². The predicted octanol–water partition coefficient (Wildman–Crippen LogP) is 3.11. The Hall–Kier alpha value is -2.30. The van der Waals surface area contributed by atoms with Crippen LogP contribution >= 0.6 is 0 Å². The van der Waals surface area contributed by atoms with Crippen LogP contribution in [-0.2, 0) is 4.79 Å². The zero-order valence-corrected chi connectivity index (χ0v) is 12.2. The molecule has 0 saturated carbocycles. The maximum atomic E-state index is 12.1. The zero-order valence-electron chi connectivity index (χ0n) is 12.2. The van der Waals surface area contributed by atoms with Crippen molar-refractivity contribution in [2.45, 2.75) is 39.2 Å². The van der Waals surface area contributed by atoms with Crippen molar-refractivity contribution in [3.63, 3.8) is 0 Å². The molecule has 0 aliphatic rings. The summed E-state index contributed by atoms with van der Waals surface area (Å²) in [5, 5.41) is 12.3. The van der Waals surface area contributed by atoms with Gasteiger partial charge in [0.15, 0.2) is 5.76 Å². The fraction of sp³-hybridized carbons (Fsp3) is 0.375.